The number of furan rings is 1. The average Bonchev–Trinajstić information content (AvgIpc) is 2.96. The van der Waals surface area contributed by atoms with E-state index in [4.69, 9.17) is 20.8 Å². The number of halogens is 1. The van der Waals surface area contributed by atoms with Gasteiger partial charge >= 0.3 is 0 Å². The molecular formula is C19H19ClN2O3. The van der Waals surface area contributed by atoms with Crippen LogP contribution in [0.25, 0.3) is 11.0 Å². The highest BCUT2D eigenvalue weighted by Gasteiger charge is 2.14. The topological polar surface area (TPSA) is 54.7 Å². The van der Waals surface area contributed by atoms with E-state index in [2.05, 4.69) is 5.32 Å². The van der Waals surface area contributed by atoms with Crippen LogP contribution in [0.15, 0.2) is 47.1 Å². The maximum atomic E-state index is 12.5. The van der Waals surface area contributed by atoms with Crippen molar-refractivity contribution in [1.29, 1.82) is 0 Å². The Labute approximate surface area is 151 Å². The number of hydrogen-bond donors (Lipinski definition) is 1. The summed E-state index contributed by atoms with van der Waals surface area (Å²) in [6.07, 6.45) is 1.81. The fourth-order valence-electron chi connectivity index (χ4n) is 2.69. The maximum absolute atomic E-state index is 12.5. The van der Waals surface area contributed by atoms with Crippen LogP contribution in [0.5, 0.6) is 5.75 Å². The van der Waals surface area contributed by atoms with E-state index in [0.717, 1.165) is 16.6 Å². The van der Waals surface area contributed by atoms with E-state index < -0.39 is 0 Å². The van der Waals surface area contributed by atoms with E-state index in [1.165, 1.54) is 0 Å². The maximum Gasteiger partial charge on any atom is 0.228 e. The van der Waals surface area contributed by atoms with E-state index in [9.17, 15) is 4.79 Å². The number of carbonyl (C=O) groups is 1. The number of rotatable bonds is 5. The number of anilines is 2. The predicted octanol–water partition coefficient (Wildman–Crippen LogP) is 4.34. The second kappa shape index (κ2) is 7.07. The molecule has 0 aliphatic heterocycles. The van der Waals surface area contributed by atoms with E-state index in [-0.39, 0.29) is 12.3 Å². The molecule has 25 heavy (non-hydrogen) atoms. The molecule has 0 saturated heterocycles. The smallest absolute Gasteiger partial charge is 0.228 e. The van der Waals surface area contributed by atoms with Gasteiger partial charge in [-0.05, 0) is 30.3 Å². The van der Waals surface area contributed by atoms with Crippen LogP contribution in [0, 0.1) is 0 Å². The monoisotopic (exact) mass is 358 g/mol. The summed E-state index contributed by atoms with van der Waals surface area (Å²) in [7, 11) is 5.43. The third-order valence-electron chi connectivity index (χ3n) is 3.93. The summed E-state index contributed by atoms with van der Waals surface area (Å²) in [6.45, 7) is 0. The van der Waals surface area contributed by atoms with E-state index in [1.807, 2.05) is 37.2 Å². The summed E-state index contributed by atoms with van der Waals surface area (Å²) in [5.41, 5.74) is 3.08. The third kappa shape index (κ3) is 3.72. The van der Waals surface area contributed by atoms with Crippen LogP contribution >= 0.6 is 11.6 Å². The molecule has 0 aliphatic rings. The van der Waals surface area contributed by atoms with Crippen molar-refractivity contribution < 1.29 is 13.9 Å². The number of carbonyl (C=O) groups excluding carboxylic acids is 1. The molecule has 0 unspecified atom stereocenters. The molecular weight excluding hydrogens is 340 g/mol. The summed E-state index contributed by atoms with van der Waals surface area (Å²) in [4.78, 5) is 14.4. The Morgan fingerprint density at radius 1 is 1.24 bits per heavy atom. The number of hydrogen-bond acceptors (Lipinski definition) is 4. The quantitative estimate of drug-likeness (QED) is 0.737. The first-order chi connectivity index (χ1) is 12.0. The van der Waals surface area contributed by atoms with Gasteiger partial charge < -0.3 is 19.4 Å². The van der Waals surface area contributed by atoms with Crippen LogP contribution in [-0.2, 0) is 11.2 Å². The molecule has 0 saturated carbocycles. The Balaban J connectivity index is 1.81. The molecule has 0 fully saturated rings. The molecule has 5 nitrogen and oxygen atoms in total. The van der Waals surface area contributed by atoms with Gasteiger partial charge in [0.2, 0.25) is 5.91 Å². The molecule has 130 valence electrons. The molecule has 1 amide bonds. The molecule has 0 aliphatic carbocycles. The zero-order chi connectivity index (χ0) is 18.0. The van der Waals surface area contributed by atoms with Gasteiger partial charge in [0, 0.05) is 36.1 Å². The summed E-state index contributed by atoms with van der Waals surface area (Å²) in [6, 6.07) is 11.0. The minimum Gasteiger partial charge on any atom is -0.497 e. The van der Waals surface area contributed by atoms with Gasteiger partial charge in [0.1, 0.15) is 11.3 Å². The highest BCUT2D eigenvalue weighted by Crippen LogP contribution is 2.29. The van der Waals surface area contributed by atoms with Crippen LogP contribution in [0.3, 0.4) is 0 Å². The van der Waals surface area contributed by atoms with Gasteiger partial charge in [0.25, 0.3) is 0 Å². The zero-order valence-electron chi connectivity index (χ0n) is 14.3. The number of fused-ring (bicyclic) bond motifs is 1. The van der Waals surface area contributed by atoms with Crippen molar-refractivity contribution in [3.63, 3.8) is 0 Å². The number of ether oxygens (including phenoxy) is 1. The first-order valence-corrected chi connectivity index (χ1v) is 8.16. The zero-order valence-corrected chi connectivity index (χ0v) is 15.1. The van der Waals surface area contributed by atoms with Crippen LogP contribution in [0.2, 0.25) is 5.02 Å². The lowest BCUT2D eigenvalue weighted by Gasteiger charge is -2.18. The lowest BCUT2D eigenvalue weighted by atomic mass is 10.1. The summed E-state index contributed by atoms with van der Waals surface area (Å²) in [5.74, 6) is 0.580. The summed E-state index contributed by atoms with van der Waals surface area (Å²) < 4.78 is 10.7. The van der Waals surface area contributed by atoms with Crippen molar-refractivity contribution in [1.82, 2.24) is 0 Å². The highest BCUT2D eigenvalue weighted by atomic mass is 35.5. The van der Waals surface area contributed by atoms with Crippen molar-refractivity contribution in [3.05, 3.63) is 53.2 Å². The van der Waals surface area contributed by atoms with Crippen LogP contribution < -0.4 is 15.0 Å². The number of amides is 1. The second-order valence-corrected chi connectivity index (χ2v) is 6.34. The van der Waals surface area contributed by atoms with Gasteiger partial charge in [-0.3, -0.25) is 4.79 Å². The Morgan fingerprint density at radius 2 is 2.04 bits per heavy atom. The highest BCUT2D eigenvalue weighted by molar-refractivity contribution is 6.31. The molecule has 3 rings (SSSR count). The van der Waals surface area contributed by atoms with E-state index in [1.54, 1.807) is 31.6 Å². The minimum atomic E-state index is -0.135. The standard InChI is InChI=1S/C19H19ClN2O3/c1-22(2)17-7-4-13(20)9-16(17)21-19(23)8-12-11-25-18-10-14(24-3)5-6-15(12)18/h4-7,9-11H,8H2,1-3H3,(H,21,23). The SMILES string of the molecule is COc1ccc2c(CC(=O)Nc3cc(Cl)ccc3N(C)C)coc2c1. The molecule has 0 spiro atoms. The van der Waals surface area contributed by atoms with Crippen LogP contribution in [-0.4, -0.2) is 27.1 Å². The molecule has 1 N–H and O–H groups in total. The van der Waals surface area contributed by atoms with Gasteiger partial charge in [0.05, 0.1) is 31.2 Å². The van der Waals surface area contributed by atoms with Crippen molar-refractivity contribution in [2.75, 3.05) is 31.4 Å². The normalized spacial score (nSPS) is 10.7. The Bertz CT molecular complexity index is 918. The minimum absolute atomic E-state index is 0.135. The molecule has 1 heterocycles. The van der Waals surface area contributed by atoms with Crippen LogP contribution in [0.4, 0.5) is 11.4 Å². The molecule has 2 aromatic carbocycles. The van der Waals surface area contributed by atoms with E-state index in [0.29, 0.717) is 22.0 Å². The first-order valence-electron chi connectivity index (χ1n) is 7.79. The number of benzene rings is 2. The fourth-order valence-corrected chi connectivity index (χ4v) is 2.87. The second-order valence-electron chi connectivity index (χ2n) is 5.90. The van der Waals surface area contributed by atoms with Gasteiger partial charge in [-0.25, -0.2) is 0 Å². The van der Waals surface area contributed by atoms with Crippen molar-refractivity contribution >= 4 is 39.9 Å². The Kier molecular flexibility index (Phi) is 4.86. The molecule has 1 aromatic heterocycles. The van der Waals surface area contributed by atoms with E-state index >= 15 is 0 Å². The van der Waals surface area contributed by atoms with Crippen molar-refractivity contribution in [3.8, 4) is 5.75 Å². The molecule has 3 aromatic rings. The molecule has 0 radical (unpaired) electrons. The van der Waals surface area contributed by atoms with Crippen LogP contribution in [0.1, 0.15) is 5.56 Å². The number of nitrogens with one attached hydrogen (secondary N) is 1. The van der Waals surface area contributed by atoms with Crippen molar-refractivity contribution in [2.45, 2.75) is 6.42 Å². The van der Waals surface area contributed by atoms with Gasteiger partial charge in [-0.2, -0.15) is 0 Å². The first kappa shape index (κ1) is 17.2. The largest absolute Gasteiger partial charge is 0.497 e. The summed E-state index contributed by atoms with van der Waals surface area (Å²) in [5, 5.41) is 4.40. The van der Waals surface area contributed by atoms with Gasteiger partial charge in [0.15, 0.2) is 0 Å². The number of methoxy groups -OCH3 is 1. The molecule has 6 heteroatoms. The average molecular weight is 359 g/mol. The fraction of sp³-hybridized carbons (Fsp3) is 0.211. The lowest BCUT2D eigenvalue weighted by molar-refractivity contribution is -0.115. The third-order valence-corrected chi connectivity index (χ3v) is 4.16. The van der Waals surface area contributed by atoms with Gasteiger partial charge in [-0.15, -0.1) is 0 Å². The lowest BCUT2D eigenvalue weighted by Crippen LogP contribution is -2.18. The van der Waals surface area contributed by atoms with Crippen molar-refractivity contribution in [2.24, 2.45) is 0 Å². The molecule has 0 atom stereocenters. The Hall–Kier alpha value is -2.66. The summed E-state index contributed by atoms with van der Waals surface area (Å²) >= 11 is 6.06. The Morgan fingerprint density at radius 3 is 2.76 bits per heavy atom. The number of nitrogens with zero attached hydrogens (tertiary/aromatic N) is 1. The predicted molar refractivity (Wildman–Crippen MR) is 101 cm³/mol. The molecule has 0 bridgehead atoms. The van der Waals surface area contributed by atoms with Gasteiger partial charge in [-0.1, -0.05) is 11.6 Å².